The normalized spacial score (nSPS) is 11.1. The number of benzene rings is 1. The fourth-order valence-corrected chi connectivity index (χ4v) is 2.66. The first-order valence-electron chi connectivity index (χ1n) is 5.97. The number of rotatable bonds is 3. The van der Waals surface area contributed by atoms with Crippen molar-refractivity contribution in [2.45, 2.75) is 5.92 Å². The van der Waals surface area contributed by atoms with E-state index in [9.17, 15) is 4.39 Å². The average Bonchev–Trinajstić information content (AvgIpc) is 3.07. The van der Waals surface area contributed by atoms with E-state index in [1.807, 2.05) is 48.8 Å². The van der Waals surface area contributed by atoms with Crippen LogP contribution >= 0.6 is 15.9 Å². The zero-order chi connectivity index (χ0) is 13.2. The van der Waals surface area contributed by atoms with Crippen molar-refractivity contribution in [3.63, 3.8) is 0 Å². The third-order valence-corrected chi connectivity index (χ3v) is 3.75. The van der Waals surface area contributed by atoms with Gasteiger partial charge < -0.3 is 9.97 Å². The van der Waals surface area contributed by atoms with Gasteiger partial charge in [-0.2, -0.15) is 0 Å². The first-order valence-corrected chi connectivity index (χ1v) is 6.76. The third-order valence-electron chi connectivity index (χ3n) is 3.14. The predicted octanol–water partition coefficient (Wildman–Crippen LogP) is 4.42. The van der Waals surface area contributed by atoms with Crippen LogP contribution in [0.25, 0.3) is 0 Å². The Morgan fingerprint density at radius 2 is 1.58 bits per heavy atom. The molecule has 0 aliphatic rings. The summed E-state index contributed by atoms with van der Waals surface area (Å²) in [5.74, 6) is -0.206. The van der Waals surface area contributed by atoms with Gasteiger partial charge in [0.25, 0.3) is 0 Å². The van der Waals surface area contributed by atoms with Gasteiger partial charge in [-0.05, 0) is 57.9 Å². The van der Waals surface area contributed by atoms with Crippen LogP contribution in [0.3, 0.4) is 0 Å². The summed E-state index contributed by atoms with van der Waals surface area (Å²) < 4.78 is 13.9. The summed E-state index contributed by atoms with van der Waals surface area (Å²) in [5, 5.41) is 0. The molecule has 0 atom stereocenters. The molecule has 3 rings (SSSR count). The van der Waals surface area contributed by atoms with Crippen LogP contribution in [0.15, 0.2) is 59.3 Å². The van der Waals surface area contributed by atoms with Gasteiger partial charge in [-0.3, -0.25) is 0 Å². The molecule has 0 saturated heterocycles. The van der Waals surface area contributed by atoms with Crippen molar-refractivity contribution in [1.29, 1.82) is 0 Å². The molecule has 2 aromatic heterocycles. The fourth-order valence-electron chi connectivity index (χ4n) is 2.27. The van der Waals surface area contributed by atoms with Gasteiger partial charge in [0.1, 0.15) is 5.82 Å². The van der Waals surface area contributed by atoms with E-state index in [-0.39, 0.29) is 11.7 Å². The minimum atomic E-state index is -0.250. The molecule has 0 bridgehead atoms. The molecule has 0 fully saturated rings. The third kappa shape index (κ3) is 2.36. The number of nitrogens with one attached hydrogen (secondary N) is 2. The van der Waals surface area contributed by atoms with Gasteiger partial charge in [0.15, 0.2) is 0 Å². The standard InChI is InChI=1S/C15H12BrFN2/c16-11-9-10(5-6-12(11)17)15(13-3-1-7-18-13)14-4-2-8-19-14/h1-9,15,18-19H. The molecule has 2 heterocycles. The molecule has 2 nitrogen and oxygen atoms in total. The van der Waals surface area contributed by atoms with Crippen molar-refractivity contribution in [2.75, 3.05) is 0 Å². The van der Waals surface area contributed by atoms with Gasteiger partial charge in [-0.1, -0.05) is 6.07 Å². The topological polar surface area (TPSA) is 31.6 Å². The van der Waals surface area contributed by atoms with Crippen molar-refractivity contribution >= 4 is 15.9 Å². The largest absolute Gasteiger partial charge is 0.364 e. The van der Waals surface area contributed by atoms with Crippen LogP contribution in [-0.4, -0.2) is 9.97 Å². The second-order valence-electron chi connectivity index (χ2n) is 4.36. The number of hydrogen-bond acceptors (Lipinski definition) is 0. The summed E-state index contributed by atoms with van der Waals surface area (Å²) in [4.78, 5) is 6.46. The van der Waals surface area contributed by atoms with E-state index in [4.69, 9.17) is 0 Å². The highest BCUT2D eigenvalue weighted by atomic mass is 79.9. The van der Waals surface area contributed by atoms with E-state index in [1.54, 1.807) is 0 Å². The number of aromatic nitrogens is 2. The molecule has 0 saturated carbocycles. The summed E-state index contributed by atoms with van der Waals surface area (Å²) >= 11 is 3.25. The van der Waals surface area contributed by atoms with Crippen LogP contribution < -0.4 is 0 Å². The van der Waals surface area contributed by atoms with E-state index in [0.717, 1.165) is 17.0 Å². The molecule has 19 heavy (non-hydrogen) atoms. The van der Waals surface area contributed by atoms with E-state index in [0.29, 0.717) is 4.47 Å². The maximum absolute atomic E-state index is 13.4. The van der Waals surface area contributed by atoms with Gasteiger partial charge >= 0.3 is 0 Å². The summed E-state index contributed by atoms with van der Waals surface area (Å²) in [5.41, 5.74) is 3.17. The van der Waals surface area contributed by atoms with Crippen LogP contribution in [0, 0.1) is 5.82 Å². The Morgan fingerprint density at radius 3 is 2.05 bits per heavy atom. The Balaban J connectivity index is 2.12. The quantitative estimate of drug-likeness (QED) is 0.716. The van der Waals surface area contributed by atoms with Crippen LogP contribution in [0.2, 0.25) is 0 Å². The highest BCUT2D eigenvalue weighted by Crippen LogP contribution is 2.32. The summed E-state index contributed by atoms with van der Waals surface area (Å²) in [7, 11) is 0. The first-order chi connectivity index (χ1) is 9.25. The second-order valence-corrected chi connectivity index (χ2v) is 5.21. The Kier molecular flexibility index (Phi) is 3.25. The second kappa shape index (κ2) is 5.05. The summed E-state index contributed by atoms with van der Waals surface area (Å²) in [6.45, 7) is 0. The minimum Gasteiger partial charge on any atom is -0.364 e. The lowest BCUT2D eigenvalue weighted by molar-refractivity contribution is 0.620. The lowest BCUT2D eigenvalue weighted by Crippen LogP contribution is -2.04. The Labute approximate surface area is 118 Å². The van der Waals surface area contributed by atoms with Crippen LogP contribution in [-0.2, 0) is 0 Å². The number of hydrogen-bond donors (Lipinski definition) is 2. The van der Waals surface area contributed by atoms with E-state index < -0.39 is 0 Å². The lowest BCUT2D eigenvalue weighted by atomic mass is 9.93. The van der Waals surface area contributed by atoms with E-state index >= 15 is 0 Å². The molecule has 0 amide bonds. The molecule has 96 valence electrons. The Bertz CT molecular complexity index is 625. The molecule has 0 radical (unpaired) electrons. The highest BCUT2D eigenvalue weighted by Gasteiger charge is 2.19. The van der Waals surface area contributed by atoms with Gasteiger partial charge in [0, 0.05) is 23.8 Å². The van der Waals surface area contributed by atoms with Crippen molar-refractivity contribution in [1.82, 2.24) is 9.97 Å². The zero-order valence-corrected chi connectivity index (χ0v) is 11.6. The van der Waals surface area contributed by atoms with Crippen LogP contribution in [0.5, 0.6) is 0 Å². The van der Waals surface area contributed by atoms with Gasteiger partial charge in [-0.15, -0.1) is 0 Å². The molecule has 3 aromatic rings. The van der Waals surface area contributed by atoms with Crippen molar-refractivity contribution in [3.05, 3.63) is 82.1 Å². The van der Waals surface area contributed by atoms with Gasteiger partial charge in [-0.25, -0.2) is 4.39 Å². The van der Waals surface area contributed by atoms with Crippen molar-refractivity contribution in [3.8, 4) is 0 Å². The van der Waals surface area contributed by atoms with Gasteiger partial charge in [0.2, 0.25) is 0 Å². The molecule has 0 spiro atoms. The van der Waals surface area contributed by atoms with Crippen LogP contribution in [0.4, 0.5) is 4.39 Å². The Morgan fingerprint density at radius 1 is 0.947 bits per heavy atom. The number of halogens is 2. The minimum absolute atomic E-state index is 0.0434. The molecule has 2 N–H and O–H groups in total. The molecular formula is C15H12BrFN2. The highest BCUT2D eigenvalue weighted by molar-refractivity contribution is 9.10. The maximum Gasteiger partial charge on any atom is 0.137 e. The fraction of sp³-hybridized carbons (Fsp3) is 0.0667. The first kappa shape index (κ1) is 12.2. The molecular weight excluding hydrogens is 307 g/mol. The summed E-state index contributed by atoms with van der Waals surface area (Å²) in [6.07, 6.45) is 3.79. The van der Waals surface area contributed by atoms with E-state index in [2.05, 4.69) is 25.9 Å². The smallest absolute Gasteiger partial charge is 0.137 e. The van der Waals surface area contributed by atoms with Gasteiger partial charge in [0.05, 0.1) is 10.4 Å². The SMILES string of the molecule is Fc1ccc(C(c2ccc[nH]2)c2ccc[nH]2)cc1Br. The molecule has 4 heteroatoms. The van der Waals surface area contributed by atoms with Crippen molar-refractivity contribution in [2.24, 2.45) is 0 Å². The van der Waals surface area contributed by atoms with Crippen LogP contribution in [0.1, 0.15) is 22.9 Å². The summed E-state index contributed by atoms with van der Waals surface area (Å²) in [6, 6.07) is 13.1. The molecule has 1 aromatic carbocycles. The lowest BCUT2D eigenvalue weighted by Gasteiger charge is -2.15. The molecule has 0 aliphatic heterocycles. The Hall–Kier alpha value is -1.81. The van der Waals surface area contributed by atoms with Crippen molar-refractivity contribution < 1.29 is 4.39 Å². The molecule has 0 aliphatic carbocycles. The number of aromatic amines is 2. The number of H-pyrrole nitrogens is 2. The monoisotopic (exact) mass is 318 g/mol. The molecule has 0 unspecified atom stereocenters. The van der Waals surface area contributed by atoms with E-state index in [1.165, 1.54) is 6.07 Å². The maximum atomic E-state index is 13.4. The zero-order valence-electron chi connectivity index (χ0n) is 10.0. The predicted molar refractivity (Wildman–Crippen MR) is 76.6 cm³/mol. The average molecular weight is 319 g/mol.